The van der Waals surface area contributed by atoms with E-state index in [1.165, 1.54) is 4.90 Å². The van der Waals surface area contributed by atoms with Crippen molar-refractivity contribution in [2.24, 2.45) is 5.92 Å². The Bertz CT molecular complexity index is 474. The highest BCUT2D eigenvalue weighted by atomic mass is 16.3. The van der Waals surface area contributed by atoms with Gasteiger partial charge in [-0.15, -0.1) is 0 Å². The van der Waals surface area contributed by atoms with Crippen LogP contribution in [0.25, 0.3) is 0 Å². The van der Waals surface area contributed by atoms with E-state index in [0.29, 0.717) is 13.1 Å². The van der Waals surface area contributed by atoms with E-state index in [0.717, 1.165) is 5.56 Å². The van der Waals surface area contributed by atoms with Crippen LogP contribution in [0.5, 0.6) is 0 Å². The van der Waals surface area contributed by atoms with Crippen molar-refractivity contribution in [1.82, 2.24) is 9.80 Å². The summed E-state index contributed by atoms with van der Waals surface area (Å²) in [5.74, 6) is -0.0974. The number of benzene rings is 1. The van der Waals surface area contributed by atoms with E-state index in [2.05, 4.69) is 0 Å². The average Bonchev–Trinajstić information content (AvgIpc) is 2.52. The summed E-state index contributed by atoms with van der Waals surface area (Å²) in [6.07, 6.45) is 0.409. The van der Waals surface area contributed by atoms with Crippen LogP contribution in [-0.4, -0.2) is 54.0 Å². The van der Waals surface area contributed by atoms with Crippen molar-refractivity contribution in [3.8, 4) is 0 Å². The molecule has 122 valence electrons. The summed E-state index contributed by atoms with van der Waals surface area (Å²) in [5, 5.41) is 9.22. The number of rotatable bonds is 8. The highest BCUT2D eigenvalue weighted by molar-refractivity contribution is 5.83. The quantitative estimate of drug-likeness (QED) is 0.792. The normalized spacial score (nSPS) is 11.8. The Morgan fingerprint density at radius 2 is 1.68 bits per heavy atom. The molecule has 5 nitrogen and oxygen atoms in total. The first-order valence-corrected chi connectivity index (χ1v) is 7.56. The lowest BCUT2D eigenvalue weighted by atomic mass is 10.1. The Kier molecular flexibility index (Phi) is 7.60. The van der Waals surface area contributed by atoms with Crippen LogP contribution in [0.3, 0.4) is 0 Å². The van der Waals surface area contributed by atoms with Gasteiger partial charge in [0.1, 0.15) is 0 Å². The van der Waals surface area contributed by atoms with Crippen molar-refractivity contribution in [3.63, 3.8) is 0 Å². The van der Waals surface area contributed by atoms with Gasteiger partial charge in [0.15, 0.2) is 0 Å². The third-order valence-electron chi connectivity index (χ3n) is 3.46. The average molecular weight is 306 g/mol. The molecule has 0 aromatic heterocycles. The largest absolute Gasteiger partial charge is 0.396 e. The van der Waals surface area contributed by atoms with Gasteiger partial charge in [-0.25, -0.2) is 0 Å². The molecule has 1 aromatic carbocycles. The van der Waals surface area contributed by atoms with Gasteiger partial charge in [-0.1, -0.05) is 37.3 Å². The molecule has 0 aliphatic rings. The smallest absolute Gasteiger partial charge is 0.223 e. The van der Waals surface area contributed by atoms with Crippen LogP contribution in [0.15, 0.2) is 30.3 Å². The van der Waals surface area contributed by atoms with Crippen molar-refractivity contribution < 1.29 is 14.7 Å². The van der Waals surface area contributed by atoms with E-state index in [4.69, 9.17) is 0 Å². The zero-order valence-corrected chi connectivity index (χ0v) is 13.7. The molecule has 0 radical (unpaired) electrons. The number of amides is 2. The van der Waals surface area contributed by atoms with Crippen LogP contribution in [0.1, 0.15) is 25.3 Å². The third-order valence-corrected chi connectivity index (χ3v) is 3.46. The van der Waals surface area contributed by atoms with Crippen LogP contribution >= 0.6 is 0 Å². The van der Waals surface area contributed by atoms with Crippen LogP contribution in [-0.2, 0) is 16.1 Å². The van der Waals surface area contributed by atoms with E-state index in [1.54, 1.807) is 19.0 Å². The molecular formula is C17H26N2O3. The van der Waals surface area contributed by atoms with Gasteiger partial charge in [0, 0.05) is 46.6 Å². The van der Waals surface area contributed by atoms with Crippen LogP contribution in [0.4, 0.5) is 0 Å². The first-order valence-electron chi connectivity index (χ1n) is 7.56. The fourth-order valence-electron chi connectivity index (χ4n) is 2.09. The minimum atomic E-state index is -0.0562. The van der Waals surface area contributed by atoms with Gasteiger partial charge in [0.2, 0.25) is 11.8 Å². The summed E-state index contributed by atoms with van der Waals surface area (Å²) in [6.45, 7) is 2.92. The van der Waals surface area contributed by atoms with Gasteiger partial charge in [-0.3, -0.25) is 9.59 Å². The lowest BCUT2D eigenvalue weighted by molar-refractivity contribution is -0.136. The molecule has 1 rings (SSSR count). The minimum absolute atomic E-state index is 0.0113. The molecule has 1 N–H and O–H groups in total. The molecule has 1 atom stereocenters. The molecule has 0 unspecified atom stereocenters. The molecule has 0 saturated carbocycles. The van der Waals surface area contributed by atoms with E-state index in [-0.39, 0.29) is 37.2 Å². The van der Waals surface area contributed by atoms with Crippen LogP contribution in [0, 0.1) is 5.92 Å². The first-order chi connectivity index (χ1) is 10.4. The number of hydrogen-bond acceptors (Lipinski definition) is 3. The predicted molar refractivity (Wildman–Crippen MR) is 86.0 cm³/mol. The second-order valence-electron chi connectivity index (χ2n) is 5.84. The Hall–Kier alpha value is -1.88. The number of hydrogen-bond donors (Lipinski definition) is 1. The van der Waals surface area contributed by atoms with E-state index < -0.39 is 0 Å². The van der Waals surface area contributed by atoms with E-state index in [1.807, 2.05) is 37.3 Å². The van der Waals surface area contributed by atoms with Gasteiger partial charge in [0.25, 0.3) is 0 Å². The molecule has 0 saturated heterocycles. The van der Waals surface area contributed by atoms with Gasteiger partial charge in [0.05, 0.1) is 0 Å². The number of aliphatic hydroxyl groups excluding tert-OH is 1. The lowest BCUT2D eigenvalue weighted by Crippen LogP contribution is -2.36. The Morgan fingerprint density at radius 1 is 1.09 bits per heavy atom. The van der Waals surface area contributed by atoms with E-state index in [9.17, 15) is 14.7 Å². The summed E-state index contributed by atoms with van der Waals surface area (Å²) in [7, 11) is 3.37. The fraction of sp³-hybridized carbons (Fsp3) is 0.529. The molecule has 2 amide bonds. The zero-order chi connectivity index (χ0) is 16.5. The number of carbonyl (C=O) groups excluding carboxylic acids is 2. The SMILES string of the molecule is C[C@H](CO)CN(Cc1ccccc1)C(=O)CCC(=O)N(C)C. The molecule has 0 spiro atoms. The van der Waals surface area contributed by atoms with Gasteiger partial charge < -0.3 is 14.9 Å². The van der Waals surface area contributed by atoms with Crippen LogP contribution < -0.4 is 0 Å². The second-order valence-corrected chi connectivity index (χ2v) is 5.84. The summed E-state index contributed by atoms with van der Waals surface area (Å²) in [5.41, 5.74) is 1.04. The molecule has 0 heterocycles. The number of aliphatic hydroxyl groups is 1. The standard InChI is InChI=1S/C17H26N2O3/c1-14(13-20)11-19(12-15-7-5-4-6-8-15)17(22)10-9-16(21)18(2)3/h4-8,14,20H,9-13H2,1-3H3/t14-/m0/s1. The molecule has 0 bridgehead atoms. The van der Waals surface area contributed by atoms with E-state index >= 15 is 0 Å². The topological polar surface area (TPSA) is 60.9 Å². The Morgan fingerprint density at radius 3 is 2.23 bits per heavy atom. The van der Waals surface area contributed by atoms with Crippen molar-refractivity contribution in [1.29, 1.82) is 0 Å². The van der Waals surface area contributed by atoms with Gasteiger partial charge in [-0.2, -0.15) is 0 Å². The molecule has 0 aliphatic heterocycles. The second kappa shape index (κ2) is 9.20. The fourth-order valence-corrected chi connectivity index (χ4v) is 2.09. The Balaban J connectivity index is 2.68. The zero-order valence-electron chi connectivity index (χ0n) is 13.7. The molecule has 0 fully saturated rings. The number of carbonyl (C=O) groups is 2. The van der Waals surface area contributed by atoms with Crippen LogP contribution in [0.2, 0.25) is 0 Å². The molecule has 1 aromatic rings. The van der Waals surface area contributed by atoms with Crippen molar-refractivity contribution in [3.05, 3.63) is 35.9 Å². The summed E-state index contributed by atoms with van der Waals surface area (Å²) in [6, 6.07) is 9.73. The monoisotopic (exact) mass is 306 g/mol. The highest BCUT2D eigenvalue weighted by Gasteiger charge is 2.18. The van der Waals surface area contributed by atoms with Crippen molar-refractivity contribution in [2.45, 2.75) is 26.3 Å². The Labute approximate surface area is 132 Å². The molecule has 0 aliphatic carbocycles. The maximum absolute atomic E-state index is 12.4. The maximum Gasteiger partial charge on any atom is 0.223 e. The summed E-state index contributed by atoms with van der Waals surface area (Å²) < 4.78 is 0. The third kappa shape index (κ3) is 6.26. The summed E-state index contributed by atoms with van der Waals surface area (Å²) in [4.78, 5) is 27.2. The molecule has 5 heteroatoms. The highest BCUT2D eigenvalue weighted by Crippen LogP contribution is 2.10. The van der Waals surface area contributed by atoms with Crippen molar-refractivity contribution in [2.75, 3.05) is 27.2 Å². The predicted octanol–water partition coefficient (Wildman–Crippen LogP) is 1.51. The van der Waals surface area contributed by atoms with Crippen molar-refractivity contribution >= 4 is 11.8 Å². The van der Waals surface area contributed by atoms with Gasteiger partial charge in [-0.05, 0) is 11.5 Å². The molecule has 22 heavy (non-hydrogen) atoms. The number of nitrogens with zero attached hydrogens (tertiary/aromatic N) is 2. The lowest BCUT2D eigenvalue weighted by Gasteiger charge is -2.25. The first kappa shape index (κ1) is 18.2. The summed E-state index contributed by atoms with van der Waals surface area (Å²) >= 11 is 0. The minimum Gasteiger partial charge on any atom is -0.396 e. The van der Waals surface area contributed by atoms with Gasteiger partial charge >= 0.3 is 0 Å². The maximum atomic E-state index is 12.4. The molecular weight excluding hydrogens is 280 g/mol.